The van der Waals surface area contributed by atoms with Gasteiger partial charge in [0, 0.05) is 25.4 Å². The van der Waals surface area contributed by atoms with Crippen molar-refractivity contribution in [1.82, 2.24) is 14.6 Å². The molecule has 1 aliphatic rings. The van der Waals surface area contributed by atoms with Crippen LogP contribution in [0.2, 0.25) is 0 Å². The fraction of sp³-hybridized carbons (Fsp3) is 0.400. The molecule has 7 nitrogen and oxygen atoms in total. The number of carbonyl (C=O) groups excluding carboxylic acids is 1. The van der Waals surface area contributed by atoms with E-state index in [0.717, 1.165) is 0 Å². The minimum atomic E-state index is -3.71. The van der Waals surface area contributed by atoms with Gasteiger partial charge in [-0.15, -0.1) is 0 Å². The van der Waals surface area contributed by atoms with Crippen LogP contribution in [0.1, 0.15) is 6.92 Å². The van der Waals surface area contributed by atoms with Crippen LogP contribution in [0.25, 0.3) is 0 Å². The van der Waals surface area contributed by atoms with Crippen molar-refractivity contribution >= 4 is 21.7 Å². The summed E-state index contributed by atoms with van der Waals surface area (Å²) in [5.74, 6) is -0.169. The maximum Gasteiger partial charge on any atom is 0.244 e. The normalized spacial score (nSPS) is 21.6. The molecule has 0 spiro atoms. The lowest BCUT2D eigenvalue weighted by atomic mass is 10.2. The first-order chi connectivity index (χ1) is 8.43. The average Bonchev–Trinajstić information content (AvgIpc) is 2.32. The number of amides is 1. The van der Waals surface area contributed by atoms with Gasteiger partial charge < -0.3 is 11.1 Å². The molecule has 1 unspecified atom stereocenters. The topological polar surface area (TPSA) is 105 Å². The van der Waals surface area contributed by atoms with Gasteiger partial charge in [-0.3, -0.25) is 4.79 Å². The molecule has 1 amide bonds. The fourth-order valence-electron chi connectivity index (χ4n) is 1.81. The average molecular weight is 270 g/mol. The van der Waals surface area contributed by atoms with Crippen molar-refractivity contribution in [3.8, 4) is 0 Å². The second-order valence-electron chi connectivity index (χ2n) is 4.00. The minimum Gasteiger partial charge on any atom is -0.384 e. The van der Waals surface area contributed by atoms with Crippen LogP contribution in [0.15, 0.2) is 23.2 Å². The molecule has 1 aromatic heterocycles. The maximum atomic E-state index is 12.4. The van der Waals surface area contributed by atoms with Gasteiger partial charge in [-0.25, -0.2) is 13.4 Å². The second kappa shape index (κ2) is 4.54. The van der Waals surface area contributed by atoms with Gasteiger partial charge in [0.15, 0.2) is 0 Å². The third-order valence-corrected chi connectivity index (χ3v) is 4.77. The highest BCUT2D eigenvalue weighted by molar-refractivity contribution is 7.89. The summed E-state index contributed by atoms with van der Waals surface area (Å²) < 4.78 is 25.9. The molecule has 1 atom stereocenters. The van der Waals surface area contributed by atoms with Crippen molar-refractivity contribution in [2.75, 3.05) is 18.8 Å². The Morgan fingerprint density at radius 1 is 1.56 bits per heavy atom. The minimum absolute atomic E-state index is 0.0524. The SMILES string of the molecule is CC1C(=O)NCCN1S(=O)(=O)c1ccnc(N)c1. The van der Waals surface area contributed by atoms with E-state index < -0.39 is 16.1 Å². The number of sulfonamides is 1. The van der Waals surface area contributed by atoms with Gasteiger partial charge in [0.25, 0.3) is 0 Å². The Hall–Kier alpha value is -1.67. The Morgan fingerprint density at radius 3 is 2.94 bits per heavy atom. The monoisotopic (exact) mass is 270 g/mol. The summed E-state index contributed by atoms with van der Waals surface area (Å²) >= 11 is 0. The van der Waals surface area contributed by atoms with Crippen molar-refractivity contribution in [2.45, 2.75) is 17.9 Å². The second-order valence-corrected chi connectivity index (χ2v) is 5.89. The fourth-order valence-corrected chi connectivity index (χ4v) is 3.43. The molecule has 8 heteroatoms. The number of nitrogens with zero attached hydrogens (tertiary/aromatic N) is 2. The number of aromatic nitrogens is 1. The van der Waals surface area contributed by atoms with Crippen molar-refractivity contribution < 1.29 is 13.2 Å². The lowest BCUT2D eigenvalue weighted by Crippen LogP contribution is -2.55. The van der Waals surface area contributed by atoms with Gasteiger partial charge in [0.2, 0.25) is 15.9 Å². The Labute approximate surface area is 105 Å². The number of carbonyl (C=O) groups is 1. The Balaban J connectivity index is 2.39. The molecule has 2 heterocycles. The quantitative estimate of drug-likeness (QED) is 0.730. The first kappa shape index (κ1) is 12.8. The van der Waals surface area contributed by atoms with E-state index in [-0.39, 0.29) is 23.2 Å². The molecule has 98 valence electrons. The van der Waals surface area contributed by atoms with E-state index in [2.05, 4.69) is 10.3 Å². The molecular formula is C10H14N4O3S. The summed E-state index contributed by atoms with van der Waals surface area (Å²) in [4.78, 5) is 15.3. The van der Waals surface area contributed by atoms with Crippen LogP contribution in [-0.2, 0) is 14.8 Å². The van der Waals surface area contributed by atoms with Gasteiger partial charge in [0.1, 0.15) is 11.9 Å². The van der Waals surface area contributed by atoms with Crippen LogP contribution < -0.4 is 11.1 Å². The number of piperazine rings is 1. The lowest BCUT2D eigenvalue weighted by molar-refractivity contribution is -0.126. The molecule has 0 aliphatic carbocycles. The molecule has 1 aromatic rings. The summed E-state index contributed by atoms with van der Waals surface area (Å²) in [5.41, 5.74) is 5.47. The smallest absolute Gasteiger partial charge is 0.244 e. The van der Waals surface area contributed by atoms with Gasteiger partial charge >= 0.3 is 0 Å². The van der Waals surface area contributed by atoms with Crippen LogP contribution in [-0.4, -0.2) is 42.7 Å². The van der Waals surface area contributed by atoms with E-state index in [0.29, 0.717) is 6.54 Å². The third kappa shape index (κ3) is 2.16. The molecule has 2 rings (SSSR count). The number of nitrogens with two attached hydrogens (primary N) is 1. The predicted octanol–water partition coefficient (Wildman–Crippen LogP) is -0.827. The molecule has 0 saturated carbocycles. The van der Waals surface area contributed by atoms with Crippen molar-refractivity contribution in [2.24, 2.45) is 0 Å². The summed E-state index contributed by atoms with van der Waals surface area (Å²) in [7, 11) is -3.71. The number of rotatable bonds is 2. The van der Waals surface area contributed by atoms with Gasteiger partial charge in [-0.2, -0.15) is 4.31 Å². The van der Waals surface area contributed by atoms with Crippen molar-refractivity contribution in [1.29, 1.82) is 0 Å². The van der Waals surface area contributed by atoms with Gasteiger partial charge in [-0.05, 0) is 13.0 Å². The van der Waals surface area contributed by atoms with Crippen LogP contribution >= 0.6 is 0 Å². The number of hydrogen-bond donors (Lipinski definition) is 2. The summed E-state index contributed by atoms with van der Waals surface area (Å²) in [6, 6.07) is 1.93. The number of pyridine rings is 1. The van der Waals surface area contributed by atoms with E-state index >= 15 is 0 Å². The van der Waals surface area contributed by atoms with Crippen LogP contribution in [0.3, 0.4) is 0 Å². The van der Waals surface area contributed by atoms with Crippen LogP contribution in [0.5, 0.6) is 0 Å². The van der Waals surface area contributed by atoms with Gasteiger partial charge in [-0.1, -0.05) is 0 Å². The first-order valence-electron chi connectivity index (χ1n) is 5.44. The van der Waals surface area contributed by atoms with E-state index in [1.54, 1.807) is 6.92 Å². The highest BCUT2D eigenvalue weighted by Gasteiger charge is 2.35. The molecular weight excluding hydrogens is 256 g/mol. The molecule has 18 heavy (non-hydrogen) atoms. The number of nitrogens with one attached hydrogen (secondary N) is 1. The van der Waals surface area contributed by atoms with E-state index in [1.165, 1.54) is 22.6 Å². The lowest BCUT2D eigenvalue weighted by Gasteiger charge is -2.31. The van der Waals surface area contributed by atoms with Crippen LogP contribution in [0, 0.1) is 0 Å². The summed E-state index contributed by atoms with van der Waals surface area (Å²) in [6.45, 7) is 2.11. The molecule has 0 radical (unpaired) electrons. The Kier molecular flexibility index (Phi) is 3.22. The highest BCUT2D eigenvalue weighted by atomic mass is 32.2. The standard InChI is InChI=1S/C10H14N4O3S/c1-7-10(15)13-4-5-14(7)18(16,17)8-2-3-12-9(11)6-8/h2-3,6-7H,4-5H2,1H3,(H2,11,12)(H,13,15). The summed E-state index contributed by atoms with van der Waals surface area (Å²) in [6.07, 6.45) is 1.33. The van der Waals surface area contributed by atoms with Crippen LogP contribution in [0.4, 0.5) is 5.82 Å². The zero-order valence-corrected chi connectivity index (χ0v) is 10.6. The zero-order chi connectivity index (χ0) is 13.3. The molecule has 1 fully saturated rings. The van der Waals surface area contributed by atoms with Gasteiger partial charge in [0.05, 0.1) is 4.90 Å². The molecule has 1 saturated heterocycles. The molecule has 1 aliphatic heterocycles. The molecule has 0 aromatic carbocycles. The first-order valence-corrected chi connectivity index (χ1v) is 6.88. The number of hydrogen-bond acceptors (Lipinski definition) is 5. The van der Waals surface area contributed by atoms with E-state index in [9.17, 15) is 13.2 Å². The van der Waals surface area contributed by atoms with Crippen molar-refractivity contribution in [3.05, 3.63) is 18.3 Å². The Bertz CT molecular complexity index is 572. The summed E-state index contributed by atoms with van der Waals surface area (Å²) in [5, 5.41) is 2.61. The maximum absolute atomic E-state index is 12.4. The van der Waals surface area contributed by atoms with Crippen molar-refractivity contribution in [3.63, 3.8) is 0 Å². The predicted molar refractivity (Wildman–Crippen MR) is 65.0 cm³/mol. The number of nitrogen functional groups attached to an aromatic ring is 1. The molecule has 0 bridgehead atoms. The zero-order valence-electron chi connectivity index (χ0n) is 9.83. The largest absolute Gasteiger partial charge is 0.384 e. The van der Waals surface area contributed by atoms with E-state index in [4.69, 9.17) is 5.73 Å². The number of anilines is 1. The van der Waals surface area contributed by atoms with E-state index in [1.807, 2.05) is 0 Å². The third-order valence-electron chi connectivity index (χ3n) is 2.80. The molecule has 3 N–H and O–H groups in total. The Morgan fingerprint density at radius 2 is 2.28 bits per heavy atom. The highest BCUT2D eigenvalue weighted by Crippen LogP contribution is 2.20.